The van der Waals surface area contributed by atoms with Crippen molar-refractivity contribution in [3.05, 3.63) is 0 Å². The van der Waals surface area contributed by atoms with Gasteiger partial charge in [0.15, 0.2) is 0 Å². The lowest BCUT2D eigenvalue weighted by Crippen LogP contribution is -2.53. The van der Waals surface area contributed by atoms with E-state index in [0.717, 1.165) is 4.90 Å². The van der Waals surface area contributed by atoms with Crippen LogP contribution in [0.25, 0.3) is 0 Å². The van der Waals surface area contributed by atoms with Crippen LogP contribution in [-0.4, -0.2) is 53.9 Å². The summed E-state index contributed by atoms with van der Waals surface area (Å²) in [5.41, 5.74) is -2.03. The zero-order valence-electron chi connectivity index (χ0n) is 15.6. The summed E-state index contributed by atoms with van der Waals surface area (Å²) in [7, 11) is -0.981. The molecule has 0 aliphatic carbocycles. The standard InChI is InChI=1S/C16H28BF2NO4/c1-13(2,3)22-12(21)20-9-8-11(16(18,19)10-20)17-23-14(4,5)15(6,7)24-17/h11H,8-10H2,1-7H3. The first kappa shape index (κ1) is 19.4. The molecule has 2 rings (SSSR count). The monoisotopic (exact) mass is 347 g/mol. The highest BCUT2D eigenvalue weighted by molar-refractivity contribution is 6.48. The van der Waals surface area contributed by atoms with Gasteiger partial charge in [0.1, 0.15) is 5.60 Å². The van der Waals surface area contributed by atoms with Crippen molar-refractivity contribution in [3.63, 3.8) is 0 Å². The van der Waals surface area contributed by atoms with Gasteiger partial charge in [0, 0.05) is 6.54 Å². The molecule has 1 unspecified atom stereocenters. The molecule has 0 aromatic carbocycles. The average molecular weight is 347 g/mol. The van der Waals surface area contributed by atoms with Crippen LogP contribution in [0.5, 0.6) is 0 Å². The van der Waals surface area contributed by atoms with Crippen molar-refractivity contribution in [2.45, 2.75) is 83.4 Å². The van der Waals surface area contributed by atoms with Crippen LogP contribution in [-0.2, 0) is 14.0 Å². The van der Waals surface area contributed by atoms with Crippen molar-refractivity contribution >= 4 is 13.2 Å². The summed E-state index contributed by atoms with van der Waals surface area (Å²) in [5.74, 6) is -4.19. The van der Waals surface area contributed by atoms with E-state index in [4.69, 9.17) is 14.0 Å². The number of hydrogen-bond acceptors (Lipinski definition) is 4. The second-order valence-corrected chi connectivity index (χ2v) is 8.68. The predicted octanol–water partition coefficient (Wildman–Crippen LogP) is 3.72. The molecule has 2 heterocycles. The summed E-state index contributed by atoms with van der Waals surface area (Å²) in [5, 5.41) is 0. The highest BCUT2D eigenvalue weighted by atomic mass is 19.3. The van der Waals surface area contributed by atoms with Crippen molar-refractivity contribution in [2.24, 2.45) is 0 Å². The van der Waals surface area contributed by atoms with E-state index < -0.39 is 48.3 Å². The molecule has 0 aromatic rings. The highest BCUT2D eigenvalue weighted by Crippen LogP contribution is 2.47. The highest BCUT2D eigenvalue weighted by Gasteiger charge is 2.61. The summed E-state index contributed by atoms with van der Waals surface area (Å²) >= 11 is 0. The topological polar surface area (TPSA) is 48.0 Å². The Balaban J connectivity index is 2.06. The summed E-state index contributed by atoms with van der Waals surface area (Å²) in [4.78, 5) is 13.1. The predicted molar refractivity (Wildman–Crippen MR) is 87.2 cm³/mol. The fourth-order valence-corrected chi connectivity index (χ4v) is 2.83. The van der Waals surface area contributed by atoms with E-state index in [2.05, 4.69) is 0 Å². The molecule has 0 bridgehead atoms. The maximum atomic E-state index is 14.7. The van der Waals surface area contributed by atoms with E-state index in [1.807, 2.05) is 27.7 Å². The number of likely N-dealkylation sites (tertiary alicyclic amines) is 1. The Hall–Kier alpha value is -0.885. The molecule has 2 saturated heterocycles. The minimum atomic E-state index is -3.10. The van der Waals surface area contributed by atoms with Gasteiger partial charge in [-0.25, -0.2) is 13.6 Å². The molecule has 8 heteroatoms. The van der Waals surface area contributed by atoms with Crippen LogP contribution in [0.2, 0.25) is 5.82 Å². The first-order valence-electron chi connectivity index (χ1n) is 8.36. The summed E-state index contributed by atoms with van der Waals surface area (Å²) in [6.45, 7) is 12.0. The Bertz CT molecular complexity index is 489. The number of carbonyl (C=O) groups is 1. The van der Waals surface area contributed by atoms with E-state index in [-0.39, 0.29) is 13.0 Å². The molecule has 2 aliphatic heterocycles. The first-order chi connectivity index (χ1) is 10.6. The Morgan fingerprint density at radius 1 is 1.17 bits per heavy atom. The number of alkyl halides is 2. The van der Waals surface area contributed by atoms with Gasteiger partial charge >= 0.3 is 13.2 Å². The third kappa shape index (κ3) is 3.85. The summed E-state index contributed by atoms with van der Waals surface area (Å²) in [6.07, 6.45) is -0.613. The Morgan fingerprint density at radius 3 is 2.08 bits per heavy atom. The minimum absolute atomic E-state index is 0.100. The molecule has 1 atom stereocenters. The molecule has 0 radical (unpaired) electrons. The SMILES string of the molecule is CC(C)(C)OC(=O)N1CCC(B2OC(C)(C)C(C)(C)O2)C(F)(F)C1. The van der Waals surface area contributed by atoms with Crippen LogP contribution >= 0.6 is 0 Å². The molecule has 0 spiro atoms. The lowest BCUT2D eigenvalue weighted by Gasteiger charge is -2.39. The number of carbonyl (C=O) groups excluding carboxylic acids is 1. The molecule has 0 saturated carbocycles. The third-order valence-corrected chi connectivity index (χ3v) is 4.91. The number of ether oxygens (including phenoxy) is 1. The average Bonchev–Trinajstić information content (AvgIpc) is 2.54. The van der Waals surface area contributed by atoms with E-state index >= 15 is 0 Å². The Morgan fingerprint density at radius 2 is 1.67 bits per heavy atom. The fourth-order valence-electron chi connectivity index (χ4n) is 2.83. The first-order valence-corrected chi connectivity index (χ1v) is 8.36. The third-order valence-electron chi connectivity index (χ3n) is 4.91. The molecule has 0 N–H and O–H groups in total. The van der Waals surface area contributed by atoms with E-state index in [9.17, 15) is 13.6 Å². The largest absolute Gasteiger partial charge is 0.467 e. The van der Waals surface area contributed by atoms with Crippen molar-refractivity contribution < 1.29 is 27.6 Å². The number of amides is 1. The van der Waals surface area contributed by atoms with Crippen molar-refractivity contribution in [1.29, 1.82) is 0 Å². The quantitative estimate of drug-likeness (QED) is 0.679. The zero-order chi connectivity index (χ0) is 18.6. The van der Waals surface area contributed by atoms with E-state index in [1.165, 1.54) is 0 Å². The lowest BCUT2D eigenvalue weighted by molar-refractivity contribution is -0.0751. The van der Waals surface area contributed by atoms with Crippen LogP contribution in [0.1, 0.15) is 54.9 Å². The molecule has 138 valence electrons. The normalized spacial score (nSPS) is 28.8. The summed E-state index contributed by atoms with van der Waals surface area (Å²) in [6, 6.07) is 0. The van der Waals surface area contributed by atoms with Gasteiger partial charge in [-0.1, -0.05) is 0 Å². The van der Waals surface area contributed by atoms with Gasteiger partial charge in [0.25, 0.3) is 5.92 Å². The van der Waals surface area contributed by atoms with Crippen molar-refractivity contribution in [2.75, 3.05) is 13.1 Å². The molecule has 2 aliphatic rings. The summed E-state index contributed by atoms with van der Waals surface area (Å²) < 4.78 is 46.1. The van der Waals surface area contributed by atoms with Crippen LogP contribution in [0.15, 0.2) is 0 Å². The molecule has 0 aromatic heterocycles. The van der Waals surface area contributed by atoms with Crippen molar-refractivity contribution in [3.8, 4) is 0 Å². The number of rotatable bonds is 1. The fraction of sp³-hybridized carbons (Fsp3) is 0.938. The molecular weight excluding hydrogens is 319 g/mol. The number of hydrogen-bond donors (Lipinski definition) is 0. The van der Waals surface area contributed by atoms with Gasteiger partial charge in [0.2, 0.25) is 0 Å². The van der Waals surface area contributed by atoms with Gasteiger partial charge in [-0.3, -0.25) is 0 Å². The van der Waals surface area contributed by atoms with Crippen LogP contribution < -0.4 is 0 Å². The number of nitrogens with zero attached hydrogens (tertiary/aromatic N) is 1. The molecule has 2 fully saturated rings. The molecular formula is C16H28BF2NO4. The molecule has 1 amide bonds. The van der Waals surface area contributed by atoms with E-state index in [0.29, 0.717) is 0 Å². The second-order valence-electron chi connectivity index (χ2n) is 8.68. The van der Waals surface area contributed by atoms with Gasteiger partial charge in [0.05, 0.1) is 23.6 Å². The van der Waals surface area contributed by atoms with Crippen LogP contribution in [0.3, 0.4) is 0 Å². The Labute approximate surface area is 143 Å². The Kier molecular flexibility index (Phi) is 4.72. The van der Waals surface area contributed by atoms with Crippen LogP contribution in [0, 0.1) is 0 Å². The molecule has 5 nitrogen and oxygen atoms in total. The van der Waals surface area contributed by atoms with Gasteiger partial charge in [-0.2, -0.15) is 0 Å². The lowest BCUT2D eigenvalue weighted by atomic mass is 9.64. The number of piperidine rings is 1. The van der Waals surface area contributed by atoms with Gasteiger partial charge < -0.3 is 18.9 Å². The maximum Gasteiger partial charge on any atom is 0.467 e. The minimum Gasteiger partial charge on any atom is -0.444 e. The van der Waals surface area contributed by atoms with Gasteiger partial charge in [-0.05, 0) is 54.9 Å². The molecule has 24 heavy (non-hydrogen) atoms. The second kappa shape index (κ2) is 5.83. The van der Waals surface area contributed by atoms with E-state index in [1.54, 1.807) is 20.8 Å². The van der Waals surface area contributed by atoms with Gasteiger partial charge in [-0.15, -0.1) is 0 Å². The maximum absolute atomic E-state index is 14.7. The number of halogens is 2. The van der Waals surface area contributed by atoms with Crippen molar-refractivity contribution in [1.82, 2.24) is 4.90 Å². The van der Waals surface area contributed by atoms with Crippen LogP contribution in [0.4, 0.5) is 13.6 Å². The zero-order valence-corrected chi connectivity index (χ0v) is 15.6. The smallest absolute Gasteiger partial charge is 0.444 e.